The van der Waals surface area contributed by atoms with Crippen molar-refractivity contribution in [2.45, 2.75) is 43.1 Å². The number of thioether (sulfide) groups is 1. The first-order chi connectivity index (χ1) is 15.3. The number of rotatable bonds is 9. The third kappa shape index (κ3) is 6.71. The number of ether oxygens (including phenoxy) is 1. The molecule has 0 spiro atoms. The van der Waals surface area contributed by atoms with Gasteiger partial charge < -0.3 is 14.5 Å². The van der Waals surface area contributed by atoms with Gasteiger partial charge in [-0.15, -0.1) is 0 Å². The van der Waals surface area contributed by atoms with E-state index in [9.17, 15) is 4.79 Å². The van der Waals surface area contributed by atoms with Crippen LogP contribution in [0.2, 0.25) is 0 Å². The van der Waals surface area contributed by atoms with Gasteiger partial charge >= 0.3 is 0 Å². The fourth-order valence-corrected chi connectivity index (χ4v) is 4.71. The number of benzene rings is 2. The molecule has 1 saturated heterocycles. The van der Waals surface area contributed by atoms with Gasteiger partial charge in [-0.25, -0.2) is 4.98 Å². The zero-order chi connectivity index (χ0) is 21.3. The summed E-state index contributed by atoms with van der Waals surface area (Å²) in [7, 11) is 0. The molecule has 0 atom stereocenters. The van der Waals surface area contributed by atoms with E-state index < -0.39 is 0 Å². The molecule has 2 aromatic carbocycles. The minimum Gasteiger partial charge on any atom is -0.441 e. The summed E-state index contributed by atoms with van der Waals surface area (Å²) in [6.07, 6.45) is 5.76. The Kier molecular flexibility index (Phi) is 7.80. The van der Waals surface area contributed by atoms with Crippen LogP contribution >= 0.6 is 11.8 Å². The molecule has 1 aliphatic rings. The second-order valence-electron chi connectivity index (χ2n) is 7.71. The number of anilines is 1. The molecule has 1 fully saturated rings. The Labute approximate surface area is 187 Å². The predicted molar refractivity (Wildman–Crippen MR) is 125 cm³/mol. The number of carbonyl (C=O) groups is 1. The Morgan fingerprint density at radius 2 is 1.94 bits per heavy atom. The number of hydrogen-bond donors (Lipinski definition) is 1. The minimum atomic E-state index is 0.0177. The fraction of sp³-hybridized carbons (Fsp3) is 0.360. The normalized spacial score (nSPS) is 14.5. The lowest BCUT2D eigenvalue weighted by Gasteiger charge is -2.21. The molecule has 0 aliphatic carbocycles. The Balaban J connectivity index is 1.20. The molecular weight excluding hydrogens is 408 g/mol. The van der Waals surface area contributed by atoms with Crippen molar-refractivity contribution < 1.29 is 13.9 Å². The van der Waals surface area contributed by atoms with Crippen LogP contribution in [0.3, 0.4) is 0 Å². The lowest BCUT2D eigenvalue weighted by molar-refractivity contribution is -0.116. The van der Waals surface area contributed by atoms with E-state index in [2.05, 4.69) is 22.4 Å². The molecule has 2 heterocycles. The van der Waals surface area contributed by atoms with E-state index in [-0.39, 0.29) is 5.91 Å². The van der Waals surface area contributed by atoms with Gasteiger partial charge in [-0.1, -0.05) is 42.5 Å². The average Bonchev–Trinajstić information content (AvgIpc) is 3.28. The van der Waals surface area contributed by atoms with Crippen molar-refractivity contribution >= 4 is 23.4 Å². The lowest BCUT2D eigenvalue weighted by Crippen LogP contribution is -2.17. The molecule has 0 unspecified atom stereocenters. The SMILES string of the molecule is O=C(CCCc1ncc(-c2ccccc2)o1)Nc1cccc(CSC2CCOCC2)c1. The first kappa shape index (κ1) is 21.7. The van der Waals surface area contributed by atoms with Crippen LogP contribution in [-0.4, -0.2) is 29.4 Å². The van der Waals surface area contributed by atoms with E-state index >= 15 is 0 Å². The number of hydrogen-bond acceptors (Lipinski definition) is 5. The van der Waals surface area contributed by atoms with Gasteiger partial charge in [0.15, 0.2) is 11.7 Å². The highest BCUT2D eigenvalue weighted by atomic mass is 32.2. The van der Waals surface area contributed by atoms with E-state index in [1.165, 1.54) is 5.56 Å². The molecule has 1 amide bonds. The Hall–Kier alpha value is -2.57. The van der Waals surface area contributed by atoms with E-state index in [0.29, 0.717) is 30.4 Å². The number of oxazole rings is 1. The molecule has 0 saturated carbocycles. The molecule has 0 bridgehead atoms. The monoisotopic (exact) mass is 436 g/mol. The van der Waals surface area contributed by atoms with E-state index in [1.807, 2.05) is 54.2 Å². The number of amides is 1. The van der Waals surface area contributed by atoms with Crippen molar-refractivity contribution in [2.75, 3.05) is 18.5 Å². The van der Waals surface area contributed by atoms with Gasteiger partial charge in [0.25, 0.3) is 0 Å². The topological polar surface area (TPSA) is 64.4 Å². The summed E-state index contributed by atoms with van der Waals surface area (Å²) in [5, 5.41) is 3.69. The third-order valence-corrected chi connectivity index (χ3v) is 6.71. The zero-order valence-electron chi connectivity index (χ0n) is 17.6. The number of aromatic nitrogens is 1. The van der Waals surface area contributed by atoms with Crippen LogP contribution in [0.15, 0.2) is 65.2 Å². The largest absolute Gasteiger partial charge is 0.441 e. The maximum Gasteiger partial charge on any atom is 0.224 e. The number of aryl methyl sites for hydroxylation is 1. The summed E-state index contributed by atoms with van der Waals surface area (Å²) in [6.45, 7) is 1.74. The lowest BCUT2D eigenvalue weighted by atomic mass is 10.2. The first-order valence-corrected chi connectivity index (χ1v) is 11.9. The minimum absolute atomic E-state index is 0.0177. The van der Waals surface area contributed by atoms with Crippen molar-refractivity contribution in [3.8, 4) is 11.3 Å². The highest BCUT2D eigenvalue weighted by Crippen LogP contribution is 2.26. The van der Waals surface area contributed by atoms with Crippen molar-refractivity contribution in [3.63, 3.8) is 0 Å². The molecular formula is C25H28N2O3S. The summed E-state index contributed by atoms with van der Waals surface area (Å²) >= 11 is 1.98. The van der Waals surface area contributed by atoms with Crippen molar-refractivity contribution in [3.05, 3.63) is 72.2 Å². The van der Waals surface area contributed by atoms with E-state index in [0.717, 1.165) is 48.8 Å². The van der Waals surface area contributed by atoms with Crippen LogP contribution in [0.25, 0.3) is 11.3 Å². The van der Waals surface area contributed by atoms with Gasteiger partial charge in [-0.3, -0.25) is 4.79 Å². The molecule has 4 rings (SSSR count). The van der Waals surface area contributed by atoms with Gasteiger partial charge in [0.2, 0.25) is 5.91 Å². The van der Waals surface area contributed by atoms with E-state index in [1.54, 1.807) is 6.20 Å². The van der Waals surface area contributed by atoms with Gasteiger partial charge in [-0.2, -0.15) is 11.8 Å². The van der Waals surface area contributed by atoms with Gasteiger partial charge in [0, 0.05) is 48.3 Å². The van der Waals surface area contributed by atoms with Crippen LogP contribution in [0.1, 0.15) is 37.1 Å². The van der Waals surface area contributed by atoms with Crippen molar-refractivity contribution in [1.29, 1.82) is 0 Å². The number of nitrogens with zero attached hydrogens (tertiary/aromatic N) is 1. The van der Waals surface area contributed by atoms with Crippen LogP contribution in [0.5, 0.6) is 0 Å². The van der Waals surface area contributed by atoms with Gasteiger partial charge in [0.1, 0.15) is 0 Å². The molecule has 1 aromatic heterocycles. The highest BCUT2D eigenvalue weighted by Gasteiger charge is 2.14. The average molecular weight is 437 g/mol. The summed E-state index contributed by atoms with van der Waals surface area (Å²) in [5.74, 6) is 2.40. The van der Waals surface area contributed by atoms with Crippen LogP contribution in [0.4, 0.5) is 5.69 Å². The second-order valence-corrected chi connectivity index (χ2v) is 9.00. The Morgan fingerprint density at radius 1 is 1.10 bits per heavy atom. The molecule has 162 valence electrons. The molecule has 1 aliphatic heterocycles. The molecule has 0 radical (unpaired) electrons. The number of nitrogens with one attached hydrogen (secondary N) is 1. The second kappa shape index (κ2) is 11.2. The summed E-state index contributed by atoms with van der Waals surface area (Å²) in [4.78, 5) is 16.7. The summed E-state index contributed by atoms with van der Waals surface area (Å²) in [6, 6.07) is 18.1. The van der Waals surface area contributed by atoms with Crippen molar-refractivity contribution in [2.24, 2.45) is 0 Å². The smallest absolute Gasteiger partial charge is 0.224 e. The molecule has 5 nitrogen and oxygen atoms in total. The maximum absolute atomic E-state index is 12.4. The molecule has 1 N–H and O–H groups in total. The van der Waals surface area contributed by atoms with Crippen LogP contribution in [0, 0.1) is 0 Å². The quantitative estimate of drug-likeness (QED) is 0.465. The summed E-state index contributed by atoms with van der Waals surface area (Å²) < 4.78 is 11.2. The van der Waals surface area contributed by atoms with Crippen LogP contribution in [-0.2, 0) is 21.7 Å². The number of carbonyl (C=O) groups excluding carboxylic acids is 1. The summed E-state index contributed by atoms with van der Waals surface area (Å²) in [5.41, 5.74) is 3.11. The van der Waals surface area contributed by atoms with Gasteiger partial charge in [0.05, 0.1) is 6.20 Å². The standard InChI is InChI=1S/C25H28N2O3S/c28-24(10-5-11-25-26-17-23(30-25)20-7-2-1-3-8-20)27-21-9-4-6-19(16-21)18-31-22-12-14-29-15-13-22/h1-4,6-9,16-17,22H,5,10-15,18H2,(H,27,28). The Bertz CT molecular complexity index is 968. The highest BCUT2D eigenvalue weighted by molar-refractivity contribution is 7.99. The molecule has 6 heteroatoms. The fourth-order valence-electron chi connectivity index (χ4n) is 3.58. The van der Waals surface area contributed by atoms with Gasteiger partial charge in [-0.05, 0) is 37.0 Å². The molecule has 31 heavy (non-hydrogen) atoms. The van der Waals surface area contributed by atoms with Crippen molar-refractivity contribution in [1.82, 2.24) is 4.98 Å². The third-order valence-electron chi connectivity index (χ3n) is 5.27. The maximum atomic E-state index is 12.4. The zero-order valence-corrected chi connectivity index (χ0v) is 18.4. The van der Waals surface area contributed by atoms with Crippen LogP contribution < -0.4 is 5.32 Å². The Morgan fingerprint density at radius 3 is 2.77 bits per heavy atom. The first-order valence-electron chi connectivity index (χ1n) is 10.8. The predicted octanol–water partition coefficient (Wildman–Crippen LogP) is 5.72. The molecule has 3 aromatic rings. The van der Waals surface area contributed by atoms with E-state index in [4.69, 9.17) is 9.15 Å².